The van der Waals surface area contributed by atoms with Crippen LogP contribution in [0.15, 0.2) is 91.6 Å². The molecule has 3 aromatic heterocycles. The largest absolute Gasteiger partial charge is 0.478 e. The molecule has 0 bridgehead atoms. The maximum atomic E-state index is 14.8. The number of carbonyl (C=O) groups excluding carboxylic acids is 9. The minimum Gasteiger partial charge on any atom is -0.478 e. The normalized spacial score (nSPS) is 34.9. The molecular formula is C86H127FN8O22. The summed E-state index contributed by atoms with van der Waals surface area (Å²) in [5.74, 6) is -9.68. The summed E-state index contributed by atoms with van der Waals surface area (Å²) >= 11 is 0. The number of imidazole rings is 2. The number of ketones is 4. The van der Waals surface area contributed by atoms with Crippen LogP contribution in [0.25, 0.3) is 11.3 Å². The summed E-state index contributed by atoms with van der Waals surface area (Å²) in [4.78, 5) is 144. The topological polar surface area (TPSA) is 343 Å². The van der Waals surface area contributed by atoms with E-state index < -0.39 is 161 Å². The number of hydrogen-bond acceptors (Lipinski definition) is 27. The predicted octanol–water partition coefficient (Wildman–Crippen LogP) is 10.9. The number of nitrogens with zero attached hydrogens (tertiary/aromatic N) is 8. The van der Waals surface area contributed by atoms with Crippen LogP contribution in [-0.2, 0) is 87.4 Å². The summed E-state index contributed by atoms with van der Waals surface area (Å²) < 4.78 is 77.2. The van der Waals surface area contributed by atoms with Gasteiger partial charge in [-0.3, -0.25) is 33.5 Å². The van der Waals surface area contributed by atoms with E-state index in [2.05, 4.69) is 15.0 Å². The molecule has 8 heterocycles. The Morgan fingerprint density at radius 3 is 1.76 bits per heavy atom. The second-order valence-electron chi connectivity index (χ2n) is 33.4. The number of methoxy groups -OCH3 is 2. The van der Waals surface area contributed by atoms with Crippen molar-refractivity contribution >= 4 is 53.2 Å². The quantitative estimate of drug-likeness (QED) is 0.0350. The van der Waals surface area contributed by atoms with E-state index in [1.807, 2.05) is 95.5 Å². The Kier molecular flexibility index (Phi) is 33.7. The number of pyridine rings is 1. The molecule has 1 amide bonds. The van der Waals surface area contributed by atoms with Gasteiger partial charge in [-0.05, 0) is 179 Å². The van der Waals surface area contributed by atoms with Crippen molar-refractivity contribution in [2.75, 3.05) is 55.6 Å². The van der Waals surface area contributed by atoms with E-state index in [4.69, 9.17) is 56.8 Å². The molecule has 24 atom stereocenters. The smallest absolute Gasteiger partial charge is 0.420 e. The van der Waals surface area contributed by atoms with Gasteiger partial charge in [0.2, 0.25) is 5.88 Å². The van der Waals surface area contributed by atoms with E-state index in [0.29, 0.717) is 50.3 Å². The molecule has 0 unspecified atom stereocenters. The number of benzene rings is 1. The van der Waals surface area contributed by atoms with E-state index in [9.17, 15) is 48.3 Å². The molecule has 1 N–H and O–H groups in total. The molecule has 30 nitrogen and oxygen atoms in total. The van der Waals surface area contributed by atoms with Crippen LogP contribution in [0.3, 0.4) is 0 Å². The van der Waals surface area contributed by atoms with Crippen molar-refractivity contribution in [2.24, 2.45) is 41.4 Å². The highest BCUT2D eigenvalue weighted by molar-refractivity contribution is 6.01. The third kappa shape index (κ3) is 22.2. The molecule has 0 spiro atoms. The van der Waals surface area contributed by atoms with Crippen LogP contribution in [0.4, 0.5) is 14.3 Å². The van der Waals surface area contributed by atoms with Crippen molar-refractivity contribution in [2.45, 2.75) is 278 Å². The van der Waals surface area contributed by atoms with Crippen molar-refractivity contribution in [3.05, 3.63) is 97.1 Å². The molecule has 9 rings (SSSR count). The van der Waals surface area contributed by atoms with Crippen molar-refractivity contribution in [3.8, 4) is 17.1 Å². The fourth-order valence-corrected chi connectivity index (χ4v) is 17.4. The third-order valence-corrected chi connectivity index (χ3v) is 24.1. The molecule has 4 aromatic rings. The van der Waals surface area contributed by atoms with Crippen molar-refractivity contribution < 1.29 is 110 Å². The van der Waals surface area contributed by atoms with Gasteiger partial charge in [-0.25, -0.2) is 33.9 Å². The second-order valence-corrected chi connectivity index (χ2v) is 33.4. The molecule has 117 heavy (non-hydrogen) atoms. The van der Waals surface area contributed by atoms with Crippen LogP contribution in [0.1, 0.15) is 179 Å². The number of carbonyl (C=O) groups is 9. The minimum absolute atomic E-state index is 0. The van der Waals surface area contributed by atoms with E-state index >= 15 is 0 Å². The number of fused-ring (bicyclic) bond motifs is 1. The van der Waals surface area contributed by atoms with E-state index in [1.165, 1.54) is 52.9 Å². The highest BCUT2D eigenvalue weighted by Gasteiger charge is 2.61. The Hall–Kier alpha value is -8.27. The van der Waals surface area contributed by atoms with Gasteiger partial charge >= 0.3 is 30.1 Å². The molecule has 1 aromatic carbocycles. The summed E-state index contributed by atoms with van der Waals surface area (Å²) in [5, 5.41) is 11.5. The van der Waals surface area contributed by atoms with Crippen LogP contribution in [-0.4, -0.2) is 255 Å². The Labute approximate surface area is 687 Å². The number of aromatic nitrogens is 5. The van der Waals surface area contributed by atoms with Gasteiger partial charge in [-0.2, -0.15) is 0 Å². The zero-order valence-corrected chi connectivity index (χ0v) is 72.4. The lowest BCUT2D eigenvalue weighted by Gasteiger charge is -2.47. The Balaban J connectivity index is 0.000000322. The molecular weight excluding hydrogens is 1520 g/mol. The average molecular weight is 1640 g/mol. The first-order valence-corrected chi connectivity index (χ1v) is 40.7. The van der Waals surface area contributed by atoms with Crippen LogP contribution in [0.2, 0.25) is 0 Å². The van der Waals surface area contributed by atoms with E-state index in [0.717, 1.165) is 15.8 Å². The number of amides is 1. The number of allylic oxidation sites excluding steroid dienone is 1. The zero-order chi connectivity index (χ0) is 85.8. The van der Waals surface area contributed by atoms with Gasteiger partial charge in [0.05, 0.1) is 71.9 Å². The molecule has 5 aliphatic heterocycles. The highest BCUT2D eigenvalue weighted by Crippen LogP contribution is 2.45. The van der Waals surface area contributed by atoms with Crippen LogP contribution >= 0.6 is 0 Å². The first-order chi connectivity index (χ1) is 54.6. The number of cyclic esters (lactones) is 2. The first-order valence-electron chi connectivity index (χ1n) is 40.7. The molecule has 4 saturated heterocycles. The number of aliphatic hydroxyl groups excluding tert-OH is 1. The summed E-state index contributed by atoms with van der Waals surface area (Å²) in [7, 11) is 10.5. The average Bonchev–Trinajstić information content (AvgIpc) is 1.61. The van der Waals surface area contributed by atoms with Crippen molar-refractivity contribution in [1.29, 1.82) is 0 Å². The monoisotopic (exact) mass is 1640 g/mol. The van der Waals surface area contributed by atoms with E-state index in [1.54, 1.807) is 117 Å². The number of Topliss-reactive ketones (excluding diaryl/α,β-unsaturated/α-hetero) is 4. The van der Waals surface area contributed by atoms with E-state index in [-0.39, 0.29) is 78.4 Å². The van der Waals surface area contributed by atoms with Gasteiger partial charge in [0.25, 0.3) is 0 Å². The fourth-order valence-electron chi connectivity index (χ4n) is 17.4. The molecule has 4 fully saturated rings. The molecule has 0 radical (unpaired) electrons. The maximum Gasteiger partial charge on any atom is 0.420 e. The molecule has 0 aliphatic carbocycles. The maximum absolute atomic E-state index is 14.8. The number of halogens is 1. The molecule has 650 valence electrons. The second kappa shape index (κ2) is 41.1. The summed E-state index contributed by atoms with van der Waals surface area (Å²) in [6.45, 7) is 30.7. The van der Waals surface area contributed by atoms with Crippen LogP contribution in [0, 0.1) is 41.4 Å². The number of esters is 3. The Bertz CT molecular complexity index is 4030. The third-order valence-electron chi connectivity index (χ3n) is 24.1. The van der Waals surface area contributed by atoms with Crippen molar-refractivity contribution in [3.63, 3.8) is 0 Å². The number of unbranched alkanes of at least 4 members (excludes halogenated alkanes) is 1. The van der Waals surface area contributed by atoms with Gasteiger partial charge in [0.15, 0.2) is 47.2 Å². The number of aliphatic hydroxyl groups is 1. The number of ether oxygens (including phenoxy) is 12. The fraction of sp³-hybridized carbons (Fsp3) is 0.674. The molecule has 31 heteroatoms. The number of rotatable bonds is 21. The predicted molar refractivity (Wildman–Crippen MR) is 429 cm³/mol. The van der Waals surface area contributed by atoms with Crippen molar-refractivity contribution in [1.82, 2.24) is 38.8 Å². The number of likely N-dealkylation sites (N-methyl/N-ethyl adjacent to an activating group) is 2. The first kappa shape index (κ1) is 95.9. The Morgan fingerprint density at radius 2 is 1.22 bits per heavy atom. The number of aryl methyl sites for hydroxylation is 1. The summed E-state index contributed by atoms with van der Waals surface area (Å²) in [6, 6.07) is 10.9. The van der Waals surface area contributed by atoms with Gasteiger partial charge in [-0.1, -0.05) is 66.7 Å². The molecule has 5 aliphatic rings. The lowest BCUT2D eigenvalue weighted by molar-refractivity contribution is -0.295. The molecule has 0 saturated carbocycles. The number of hydrogen-bond donors (Lipinski definition) is 1. The van der Waals surface area contributed by atoms with Gasteiger partial charge in [-0.15, -0.1) is 0 Å². The standard InChI is InChI=1S/C45H69N5O11.C41H57N3O11.FH/c1-13-34-45(9)39(50(43(55)61-45)20-16-15-19-49-24-32(47-25-49)31-17-18-35(46-23-31)57-14-2)28(5)36(51)26(3)22-44(8,56-12)40(29(6)37(52)30(7)41(54)59-34)60-42-38(53)33(48(10)11)21-27(4)58-42;1-12-31-40(7,55-39(49)44-19-18-42-23-44)21-24(2)32(45)25(3)22-41(8,50-11)35(27(5)33(46)28(6)36(47)52-31)54-38-34(30(43(9)10)20-26(4)51-38)53-37(48)29-16-14-13-15-17-29;/h17-18,23-30,33-34,38-40,42,53H,13-16,19-22H2,1-12H3;13-19,21,23,25-28,30-31,34-35,38H,12,20,22H2,1-11H3;1H/b;24-21+;/t26-,27-,28+,29+,30-,33+,34-,38-,39-,40-,42+,44+,45-;25-,26-,27+,28-,30+,31-,34-,35-,38+,40+,41+;/m11./s1. The lowest BCUT2D eigenvalue weighted by atomic mass is 9.73. The minimum atomic E-state index is -1.61. The van der Waals surface area contributed by atoms with Crippen LogP contribution in [0.5, 0.6) is 5.88 Å². The zero-order valence-electron chi connectivity index (χ0n) is 72.4. The SMILES string of the molecule is CCOc1ccc(-c2cn(CCCCN3C(=O)O[C@]4(C)[C@@H](CC)OC(=O)[C@H](C)C(=O)[C@H](C)[C@@H](O[C@@H]5O[C@H](C)C[C@H](N(C)C)[C@H]5O)[C@@](C)(OC)C[C@@H](C)C(=O)[C@H](C)[C@@H]34)cn2)cn1.CC[C@H]1OC(=O)[C@H](C)C(=O)[C@H](C)[C@@H](O[C@@H]2O[C@H](C)C[C@H](N(C)C)[C@H]2OC(=O)c2ccccc2)[C@@](C)(OC)C[C@@H](C)C(=O)/C(C)=C/[C@]1(C)OC(=O)n1ccnc1.F. The van der Waals surface area contributed by atoms with Gasteiger partial charge in [0.1, 0.15) is 42.3 Å². The highest BCUT2D eigenvalue weighted by atomic mass is 19.0. The van der Waals surface area contributed by atoms with Crippen LogP contribution < -0.4 is 4.74 Å². The summed E-state index contributed by atoms with van der Waals surface area (Å²) in [5.41, 5.74) is -3.37. The Morgan fingerprint density at radius 1 is 0.667 bits per heavy atom. The van der Waals surface area contributed by atoms with Gasteiger partial charge in [0, 0.05) is 99.4 Å². The summed E-state index contributed by atoms with van der Waals surface area (Å²) in [6.07, 6.45) is 3.55. The lowest BCUT2D eigenvalue weighted by Crippen LogP contribution is -2.60. The van der Waals surface area contributed by atoms with Gasteiger partial charge < -0.3 is 81.2 Å².